The van der Waals surface area contributed by atoms with Crippen molar-refractivity contribution in [3.63, 3.8) is 0 Å². The molecule has 1 aliphatic rings. The van der Waals surface area contributed by atoms with Crippen LogP contribution >= 0.6 is 0 Å². The van der Waals surface area contributed by atoms with Crippen LogP contribution in [-0.2, 0) is 0 Å². The van der Waals surface area contributed by atoms with Crippen LogP contribution in [0.25, 0.3) is 22.2 Å². The number of benzene rings is 2. The maximum atomic E-state index is 4.98. The van der Waals surface area contributed by atoms with Crippen LogP contribution < -0.4 is 0 Å². The molecule has 0 amide bonds. The fraction of sp³-hybridized carbons (Fsp3) is 0.348. The number of aryl methyl sites for hydroxylation is 2. The van der Waals surface area contributed by atoms with Crippen LogP contribution in [0.2, 0.25) is 0 Å². The molecule has 0 unspecified atom stereocenters. The summed E-state index contributed by atoms with van der Waals surface area (Å²) in [6.07, 6.45) is 6.75. The lowest BCUT2D eigenvalue weighted by atomic mass is 9.82. The highest BCUT2D eigenvalue weighted by Crippen LogP contribution is 2.38. The quantitative estimate of drug-likeness (QED) is 0.521. The Kier molecular flexibility index (Phi) is 4.10. The molecule has 1 fully saturated rings. The Labute approximate surface area is 144 Å². The molecule has 1 saturated carbocycles. The first-order valence-electron chi connectivity index (χ1n) is 9.19. The predicted octanol–water partition coefficient (Wildman–Crippen LogP) is 6.57. The number of rotatable bonds is 2. The maximum Gasteiger partial charge on any atom is 0.0712 e. The van der Waals surface area contributed by atoms with E-state index in [-0.39, 0.29) is 0 Å². The van der Waals surface area contributed by atoms with E-state index in [4.69, 9.17) is 4.98 Å². The molecule has 0 spiro atoms. The fourth-order valence-electron chi connectivity index (χ4n) is 4.22. The van der Waals surface area contributed by atoms with Crippen LogP contribution in [0.3, 0.4) is 0 Å². The van der Waals surface area contributed by atoms with E-state index in [1.54, 1.807) is 0 Å². The van der Waals surface area contributed by atoms with Gasteiger partial charge in [0.25, 0.3) is 0 Å². The Balaban J connectivity index is 1.90. The zero-order valence-corrected chi connectivity index (χ0v) is 14.7. The lowest BCUT2D eigenvalue weighted by Crippen LogP contribution is -2.06. The number of pyridine rings is 1. The van der Waals surface area contributed by atoms with Crippen molar-refractivity contribution < 1.29 is 0 Å². The molecule has 0 N–H and O–H groups in total. The normalized spacial score (nSPS) is 15.8. The number of para-hydroxylation sites is 1. The molecule has 4 rings (SSSR count). The molecule has 1 nitrogen and oxygen atoms in total. The average Bonchev–Trinajstić information content (AvgIpc) is 2.61. The Bertz CT molecular complexity index is 852. The third-order valence-electron chi connectivity index (χ3n) is 5.31. The van der Waals surface area contributed by atoms with E-state index in [1.807, 2.05) is 0 Å². The number of aromatic nitrogens is 1. The van der Waals surface area contributed by atoms with Crippen LogP contribution in [-0.4, -0.2) is 4.98 Å². The average molecular weight is 315 g/mol. The van der Waals surface area contributed by atoms with Crippen molar-refractivity contribution in [2.24, 2.45) is 0 Å². The van der Waals surface area contributed by atoms with Crippen molar-refractivity contribution in [3.05, 3.63) is 65.2 Å². The molecule has 1 heteroatoms. The van der Waals surface area contributed by atoms with Gasteiger partial charge in [-0.3, -0.25) is 0 Å². The second-order valence-electron chi connectivity index (χ2n) is 7.33. The predicted molar refractivity (Wildman–Crippen MR) is 102 cm³/mol. The van der Waals surface area contributed by atoms with Crippen LogP contribution in [0.1, 0.15) is 54.7 Å². The minimum Gasteiger partial charge on any atom is -0.248 e. The Hall–Kier alpha value is -2.15. The van der Waals surface area contributed by atoms with Gasteiger partial charge in [-0.1, -0.05) is 54.7 Å². The van der Waals surface area contributed by atoms with Gasteiger partial charge in [0.05, 0.1) is 11.2 Å². The third-order valence-corrected chi connectivity index (χ3v) is 5.31. The molecule has 0 bridgehead atoms. The lowest BCUT2D eigenvalue weighted by molar-refractivity contribution is 0.445. The number of nitrogens with zero attached hydrogens (tertiary/aromatic N) is 1. The monoisotopic (exact) mass is 315 g/mol. The molecule has 0 aliphatic heterocycles. The van der Waals surface area contributed by atoms with Crippen molar-refractivity contribution >= 4 is 10.9 Å². The summed E-state index contributed by atoms with van der Waals surface area (Å²) in [4.78, 5) is 4.98. The van der Waals surface area contributed by atoms with E-state index < -0.39 is 0 Å². The van der Waals surface area contributed by atoms with Crippen molar-refractivity contribution in [2.75, 3.05) is 0 Å². The van der Waals surface area contributed by atoms with Gasteiger partial charge >= 0.3 is 0 Å². The number of hydrogen-bond donors (Lipinski definition) is 0. The largest absolute Gasteiger partial charge is 0.248 e. The molecular formula is C23H25N. The molecule has 122 valence electrons. The SMILES string of the molecule is Cc1cc(C)cc(-c2cc(C3CCCCC3)c3ccccc3n2)c1. The maximum absolute atomic E-state index is 4.98. The van der Waals surface area contributed by atoms with E-state index in [9.17, 15) is 0 Å². The second kappa shape index (κ2) is 6.39. The van der Waals surface area contributed by atoms with E-state index >= 15 is 0 Å². The van der Waals surface area contributed by atoms with Gasteiger partial charge in [0.2, 0.25) is 0 Å². The summed E-state index contributed by atoms with van der Waals surface area (Å²) in [5, 5.41) is 1.34. The molecular weight excluding hydrogens is 290 g/mol. The number of fused-ring (bicyclic) bond motifs is 1. The third kappa shape index (κ3) is 2.96. The summed E-state index contributed by atoms with van der Waals surface area (Å²) in [7, 11) is 0. The topological polar surface area (TPSA) is 12.9 Å². The first kappa shape index (κ1) is 15.4. The number of hydrogen-bond acceptors (Lipinski definition) is 1. The highest BCUT2D eigenvalue weighted by molar-refractivity contribution is 5.85. The van der Waals surface area contributed by atoms with Gasteiger partial charge in [-0.05, 0) is 62.4 Å². The molecule has 0 atom stereocenters. The summed E-state index contributed by atoms with van der Waals surface area (Å²) >= 11 is 0. The van der Waals surface area contributed by atoms with E-state index in [0.717, 1.165) is 11.2 Å². The lowest BCUT2D eigenvalue weighted by Gasteiger charge is -2.24. The molecule has 1 aromatic heterocycles. The minimum absolute atomic E-state index is 0.691. The van der Waals surface area contributed by atoms with Gasteiger partial charge in [-0.15, -0.1) is 0 Å². The van der Waals surface area contributed by atoms with E-state index in [0.29, 0.717) is 5.92 Å². The Morgan fingerprint density at radius 1 is 0.833 bits per heavy atom. The van der Waals surface area contributed by atoms with E-state index in [1.165, 1.54) is 59.7 Å². The van der Waals surface area contributed by atoms with Crippen LogP contribution in [0.5, 0.6) is 0 Å². The van der Waals surface area contributed by atoms with Crippen molar-refractivity contribution in [2.45, 2.75) is 51.9 Å². The van der Waals surface area contributed by atoms with Crippen LogP contribution in [0.4, 0.5) is 0 Å². The molecule has 2 aromatic carbocycles. The molecule has 24 heavy (non-hydrogen) atoms. The summed E-state index contributed by atoms with van der Waals surface area (Å²) < 4.78 is 0. The molecule has 0 radical (unpaired) electrons. The Morgan fingerprint density at radius 2 is 1.54 bits per heavy atom. The summed E-state index contributed by atoms with van der Waals surface area (Å²) in [5.41, 5.74) is 7.62. The second-order valence-corrected chi connectivity index (χ2v) is 7.33. The highest BCUT2D eigenvalue weighted by Gasteiger charge is 2.19. The molecule has 3 aromatic rings. The van der Waals surface area contributed by atoms with Crippen LogP contribution in [0.15, 0.2) is 48.5 Å². The molecule has 1 aliphatic carbocycles. The summed E-state index contributed by atoms with van der Waals surface area (Å²) in [5.74, 6) is 0.691. The minimum atomic E-state index is 0.691. The summed E-state index contributed by atoms with van der Waals surface area (Å²) in [6.45, 7) is 4.33. The fourth-order valence-corrected chi connectivity index (χ4v) is 4.22. The van der Waals surface area contributed by atoms with Gasteiger partial charge in [0.1, 0.15) is 0 Å². The molecule has 1 heterocycles. The van der Waals surface area contributed by atoms with Crippen molar-refractivity contribution in [3.8, 4) is 11.3 Å². The van der Waals surface area contributed by atoms with Gasteiger partial charge in [-0.2, -0.15) is 0 Å². The Morgan fingerprint density at radius 3 is 2.29 bits per heavy atom. The van der Waals surface area contributed by atoms with Gasteiger partial charge < -0.3 is 0 Å². The van der Waals surface area contributed by atoms with Gasteiger partial charge in [0, 0.05) is 10.9 Å². The summed E-state index contributed by atoms with van der Waals surface area (Å²) in [6, 6.07) is 17.8. The standard InChI is InChI=1S/C23H25N/c1-16-12-17(2)14-19(13-16)23-15-21(18-8-4-3-5-9-18)20-10-6-7-11-22(20)24-23/h6-7,10-15,18H,3-5,8-9H2,1-2H3. The van der Waals surface area contributed by atoms with Gasteiger partial charge in [0.15, 0.2) is 0 Å². The molecule has 0 saturated heterocycles. The van der Waals surface area contributed by atoms with Crippen molar-refractivity contribution in [1.82, 2.24) is 4.98 Å². The zero-order chi connectivity index (χ0) is 16.5. The first-order valence-corrected chi connectivity index (χ1v) is 9.19. The van der Waals surface area contributed by atoms with Crippen molar-refractivity contribution in [1.29, 1.82) is 0 Å². The van der Waals surface area contributed by atoms with E-state index in [2.05, 4.69) is 62.4 Å². The van der Waals surface area contributed by atoms with Crippen LogP contribution in [0, 0.1) is 13.8 Å². The zero-order valence-electron chi connectivity index (χ0n) is 14.7. The van der Waals surface area contributed by atoms with Gasteiger partial charge in [-0.25, -0.2) is 4.98 Å². The smallest absolute Gasteiger partial charge is 0.0712 e. The highest BCUT2D eigenvalue weighted by atomic mass is 14.7. The first-order chi connectivity index (χ1) is 11.7.